The van der Waals surface area contributed by atoms with Crippen molar-refractivity contribution in [1.82, 2.24) is 0 Å². The summed E-state index contributed by atoms with van der Waals surface area (Å²) >= 11 is 0. The number of ether oxygens (including phenoxy) is 2. The van der Waals surface area contributed by atoms with Crippen molar-refractivity contribution >= 4 is 5.78 Å². The van der Waals surface area contributed by atoms with Crippen molar-refractivity contribution < 1.29 is 29.6 Å². The number of fused-ring (bicyclic) bond motifs is 4. The number of phenolic OH excluding ortho intramolecular Hbond substituents is 3. The largest absolute Gasteiger partial charge is 0.508 e. The van der Waals surface area contributed by atoms with Crippen molar-refractivity contribution in [2.75, 3.05) is 0 Å². The van der Waals surface area contributed by atoms with Gasteiger partial charge >= 0.3 is 0 Å². The minimum absolute atomic E-state index is 0.00450. The second-order valence-corrected chi connectivity index (χ2v) is 9.41. The van der Waals surface area contributed by atoms with E-state index in [2.05, 4.69) is 26.8 Å². The molecule has 0 radical (unpaired) electrons. The van der Waals surface area contributed by atoms with Crippen LogP contribution in [0.25, 0.3) is 0 Å². The van der Waals surface area contributed by atoms with Crippen molar-refractivity contribution in [1.29, 1.82) is 0 Å². The van der Waals surface area contributed by atoms with Gasteiger partial charge in [-0.25, -0.2) is 0 Å². The van der Waals surface area contributed by atoms with Crippen LogP contribution in [0.1, 0.15) is 73.5 Å². The van der Waals surface area contributed by atoms with Crippen molar-refractivity contribution in [2.45, 2.75) is 57.7 Å². The van der Waals surface area contributed by atoms with Gasteiger partial charge in [-0.05, 0) is 39.7 Å². The molecule has 6 nitrogen and oxygen atoms in total. The molecule has 6 heteroatoms. The molecule has 3 N–H and O–H groups in total. The third-order valence-corrected chi connectivity index (χ3v) is 6.86. The molecule has 0 fully saturated rings. The Hall–Kier alpha value is -3.15. The van der Waals surface area contributed by atoms with E-state index in [-0.39, 0.29) is 52.3 Å². The number of benzene rings is 2. The molecule has 1 aliphatic carbocycles. The lowest BCUT2D eigenvalue weighted by molar-refractivity contribution is 0.0113. The first-order valence-electron chi connectivity index (χ1n) is 10.6. The van der Waals surface area contributed by atoms with Crippen LogP contribution in [-0.2, 0) is 0 Å². The number of hydrogen-bond donors (Lipinski definition) is 3. The Morgan fingerprint density at radius 1 is 1.00 bits per heavy atom. The molecule has 5 rings (SSSR count). The summed E-state index contributed by atoms with van der Waals surface area (Å²) in [6, 6.07) is 5.93. The van der Waals surface area contributed by atoms with Crippen molar-refractivity contribution in [3.05, 3.63) is 52.6 Å². The number of hydrogen-bond acceptors (Lipinski definition) is 6. The zero-order chi connectivity index (χ0) is 22.1. The fourth-order valence-corrected chi connectivity index (χ4v) is 5.32. The minimum atomic E-state index is -0.728. The Morgan fingerprint density at radius 2 is 1.77 bits per heavy atom. The van der Waals surface area contributed by atoms with Crippen LogP contribution in [0.2, 0.25) is 0 Å². The lowest BCUT2D eigenvalue weighted by Crippen LogP contribution is -2.45. The molecule has 3 aliphatic rings. The van der Waals surface area contributed by atoms with Crippen molar-refractivity contribution in [2.24, 2.45) is 5.92 Å². The molecule has 3 atom stereocenters. The SMILES string of the molecule is CC1=CC2c3cc([C@@H]4CC(=O)c5c(O)cc(O)cc5O4)c(O)cc3OC(C)(C)C2CC1. The van der Waals surface area contributed by atoms with E-state index >= 15 is 0 Å². The van der Waals surface area contributed by atoms with Crippen LogP contribution in [0.5, 0.6) is 28.7 Å². The van der Waals surface area contributed by atoms with E-state index in [4.69, 9.17) is 9.47 Å². The van der Waals surface area contributed by atoms with Crippen molar-refractivity contribution in [3.63, 3.8) is 0 Å². The topological polar surface area (TPSA) is 96.2 Å². The van der Waals surface area contributed by atoms with Crippen LogP contribution in [0, 0.1) is 5.92 Å². The summed E-state index contributed by atoms with van der Waals surface area (Å²) in [5.41, 5.74) is 2.52. The smallest absolute Gasteiger partial charge is 0.174 e. The predicted octanol–water partition coefficient (Wildman–Crippen LogP) is 5.12. The Kier molecular flexibility index (Phi) is 4.26. The molecule has 2 unspecified atom stereocenters. The van der Waals surface area contributed by atoms with Crippen molar-refractivity contribution in [3.8, 4) is 28.7 Å². The Labute approximate surface area is 180 Å². The fraction of sp³-hybridized carbons (Fsp3) is 0.400. The lowest BCUT2D eigenvalue weighted by Gasteiger charge is -2.46. The summed E-state index contributed by atoms with van der Waals surface area (Å²) in [4.78, 5) is 12.7. The molecule has 162 valence electrons. The Balaban J connectivity index is 1.59. The van der Waals surface area contributed by atoms with E-state index in [0.29, 0.717) is 17.2 Å². The highest BCUT2D eigenvalue weighted by Gasteiger charge is 2.45. The number of ketones is 1. The molecule has 2 aliphatic heterocycles. The van der Waals surface area contributed by atoms with E-state index in [9.17, 15) is 20.1 Å². The summed E-state index contributed by atoms with van der Waals surface area (Å²) in [6.45, 7) is 6.32. The molecule has 2 aromatic carbocycles. The van der Waals surface area contributed by atoms with Crippen LogP contribution in [0.15, 0.2) is 35.9 Å². The van der Waals surface area contributed by atoms with Gasteiger partial charge in [0.15, 0.2) is 5.78 Å². The highest BCUT2D eigenvalue weighted by molar-refractivity contribution is 6.02. The first-order chi connectivity index (χ1) is 14.6. The molecule has 2 aromatic rings. The first kappa shape index (κ1) is 19.8. The van der Waals surface area contributed by atoms with Gasteiger partial charge in [0.2, 0.25) is 0 Å². The van der Waals surface area contributed by atoms with Crippen LogP contribution in [0.4, 0.5) is 0 Å². The van der Waals surface area contributed by atoms with E-state index in [1.807, 2.05) is 6.07 Å². The monoisotopic (exact) mass is 422 g/mol. The second-order valence-electron chi connectivity index (χ2n) is 9.41. The molecular formula is C25H26O6. The van der Waals surface area contributed by atoms with Gasteiger partial charge in [-0.3, -0.25) is 4.79 Å². The second kappa shape index (κ2) is 6.67. The molecule has 31 heavy (non-hydrogen) atoms. The van der Waals surface area contributed by atoms with Crippen LogP contribution >= 0.6 is 0 Å². The Bertz CT molecular complexity index is 1130. The van der Waals surface area contributed by atoms with Gasteiger partial charge in [0.05, 0.1) is 6.42 Å². The van der Waals surface area contributed by atoms with Gasteiger partial charge in [-0.2, -0.15) is 0 Å². The average molecular weight is 422 g/mol. The van der Waals surface area contributed by atoms with E-state index in [0.717, 1.165) is 24.5 Å². The number of allylic oxidation sites excluding steroid dienone is 2. The van der Waals surface area contributed by atoms with Gasteiger partial charge in [-0.1, -0.05) is 11.6 Å². The van der Waals surface area contributed by atoms with E-state index in [1.54, 1.807) is 6.07 Å². The zero-order valence-corrected chi connectivity index (χ0v) is 17.8. The summed E-state index contributed by atoms with van der Waals surface area (Å²) in [6.07, 6.45) is 3.61. The van der Waals surface area contributed by atoms with Gasteiger partial charge in [0, 0.05) is 41.2 Å². The molecule has 0 aromatic heterocycles. The fourth-order valence-electron chi connectivity index (χ4n) is 5.32. The molecule has 0 saturated heterocycles. The minimum Gasteiger partial charge on any atom is -0.508 e. The quantitative estimate of drug-likeness (QED) is 0.552. The number of carbonyl (C=O) groups excluding carboxylic acids is 1. The number of phenols is 3. The standard InChI is InChI=1S/C25H26O6/c1-12-4-5-17-14(6-12)15-9-16(18(27)10-22(15)31-25(17,2)3)21-11-20(29)24-19(28)7-13(26)8-23(24)30-21/h6-10,14,17,21,26-28H,4-5,11H2,1-3H3/t14?,17?,21-/m0/s1. The van der Waals surface area contributed by atoms with Gasteiger partial charge in [0.25, 0.3) is 0 Å². The van der Waals surface area contributed by atoms with Gasteiger partial charge in [0.1, 0.15) is 46.0 Å². The van der Waals surface area contributed by atoms with E-state index < -0.39 is 6.10 Å². The zero-order valence-electron chi connectivity index (χ0n) is 17.8. The summed E-state index contributed by atoms with van der Waals surface area (Å²) in [5, 5.41) is 30.6. The summed E-state index contributed by atoms with van der Waals surface area (Å²) in [5.74, 6) is 0.418. The predicted molar refractivity (Wildman–Crippen MR) is 114 cm³/mol. The lowest BCUT2D eigenvalue weighted by atomic mass is 9.68. The molecular weight excluding hydrogens is 396 g/mol. The number of rotatable bonds is 1. The number of Topliss-reactive ketones (excluding diaryl/α,β-unsaturated/α-hetero) is 1. The molecule has 0 saturated carbocycles. The molecule has 2 heterocycles. The van der Waals surface area contributed by atoms with Gasteiger partial charge in [-0.15, -0.1) is 0 Å². The maximum Gasteiger partial charge on any atom is 0.174 e. The molecule has 0 amide bonds. The molecule has 0 spiro atoms. The maximum atomic E-state index is 12.7. The molecule has 0 bridgehead atoms. The van der Waals surface area contributed by atoms with Crippen LogP contribution in [0.3, 0.4) is 0 Å². The first-order valence-corrected chi connectivity index (χ1v) is 10.6. The summed E-state index contributed by atoms with van der Waals surface area (Å²) in [7, 11) is 0. The highest BCUT2D eigenvalue weighted by Crippen LogP contribution is 2.53. The summed E-state index contributed by atoms with van der Waals surface area (Å²) < 4.78 is 12.3. The Morgan fingerprint density at radius 3 is 2.55 bits per heavy atom. The van der Waals surface area contributed by atoms with Crippen LogP contribution in [-0.4, -0.2) is 26.7 Å². The number of aromatic hydroxyl groups is 3. The van der Waals surface area contributed by atoms with Gasteiger partial charge < -0.3 is 24.8 Å². The maximum absolute atomic E-state index is 12.7. The highest BCUT2D eigenvalue weighted by atomic mass is 16.5. The third kappa shape index (κ3) is 3.12. The van der Waals surface area contributed by atoms with Crippen LogP contribution < -0.4 is 9.47 Å². The average Bonchev–Trinajstić information content (AvgIpc) is 2.66. The number of carbonyl (C=O) groups is 1. The van der Waals surface area contributed by atoms with E-state index in [1.165, 1.54) is 11.6 Å². The normalized spacial score (nSPS) is 26.0. The third-order valence-electron chi connectivity index (χ3n) is 6.86.